The van der Waals surface area contributed by atoms with Gasteiger partial charge >= 0.3 is 12.1 Å². The van der Waals surface area contributed by atoms with Crippen molar-refractivity contribution < 1.29 is 34.4 Å². The van der Waals surface area contributed by atoms with Gasteiger partial charge in [-0.15, -0.1) is 0 Å². The van der Waals surface area contributed by atoms with Gasteiger partial charge in [0.05, 0.1) is 19.6 Å². The largest absolute Gasteiger partial charge is 0.504 e. The Hall–Kier alpha value is -4.20. The molecular formula is C25H23NO7. The molecule has 0 radical (unpaired) electrons. The lowest BCUT2D eigenvalue weighted by Crippen LogP contribution is -2.31. The first kappa shape index (κ1) is 22.0. The van der Waals surface area contributed by atoms with E-state index in [2.05, 4.69) is 5.32 Å². The number of carbonyl (C=O) groups excluding carboxylic acids is 1. The first-order valence-corrected chi connectivity index (χ1v) is 10.3. The van der Waals surface area contributed by atoms with Gasteiger partial charge in [-0.05, 0) is 34.4 Å². The summed E-state index contributed by atoms with van der Waals surface area (Å²) in [7, 11) is 1.32. The smallest absolute Gasteiger partial charge is 0.407 e. The van der Waals surface area contributed by atoms with E-state index < -0.39 is 36.0 Å². The van der Waals surface area contributed by atoms with Crippen LogP contribution in [0, 0.1) is 0 Å². The molecule has 1 atom stereocenters. The molecule has 8 heteroatoms. The number of alkyl carbamates (subject to hydrolysis) is 1. The van der Waals surface area contributed by atoms with Gasteiger partial charge in [0.15, 0.2) is 11.5 Å². The van der Waals surface area contributed by atoms with E-state index in [-0.39, 0.29) is 23.8 Å². The summed E-state index contributed by atoms with van der Waals surface area (Å²) < 4.78 is 10.4. The highest BCUT2D eigenvalue weighted by Crippen LogP contribution is 2.45. The van der Waals surface area contributed by atoms with Gasteiger partial charge in [0.25, 0.3) is 0 Å². The highest BCUT2D eigenvalue weighted by molar-refractivity contribution is 5.79. The predicted octanol–water partition coefficient (Wildman–Crippen LogP) is 4.16. The molecule has 170 valence electrons. The summed E-state index contributed by atoms with van der Waals surface area (Å²) >= 11 is 0. The molecule has 33 heavy (non-hydrogen) atoms. The molecule has 0 saturated heterocycles. The quantitative estimate of drug-likeness (QED) is 0.399. The van der Waals surface area contributed by atoms with Crippen LogP contribution in [0.3, 0.4) is 0 Å². The van der Waals surface area contributed by atoms with Crippen molar-refractivity contribution in [2.24, 2.45) is 0 Å². The lowest BCUT2D eigenvalue weighted by atomic mass is 9.98. The van der Waals surface area contributed by atoms with Crippen molar-refractivity contribution in [2.75, 3.05) is 13.7 Å². The van der Waals surface area contributed by atoms with Gasteiger partial charge in [0.1, 0.15) is 6.61 Å². The van der Waals surface area contributed by atoms with Gasteiger partial charge in [-0.3, -0.25) is 4.79 Å². The fraction of sp³-hybridized carbons (Fsp3) is 0.200. The van der Waals surface area contributed by atoms with Gasteiger partial charge in [0.2, 0.25) is 5.75 Å². The minimum Gasteiger partial charge on any atom is -0.504 e. The number of phenolic OH excluding ortho intramolecular Hbond substituents is 2. The van der Waals surface area contributed by atoms with Crippen molar-refractivity contribution >= 4 is 12.1 Å². The number of aromatic hydroxyl groups is 2. The molecule has 1 unspecified atom stereocenters. The standard InChI is InChI=1S/C25H23NO7/c1-32-21-11-10-18(23(29)24(21)30)20(12-22(27)28)26-25(31)33-13-19-16-8-4-2-6-14(16)15-7-3-5-9-17(15)19/h2-11,19-20,29-30H,12-13H2,1H3,(H,26,31)(H,27,28). The molecule has 3 aromatic rings. The molecule has 0 spiro atoms. The molecule has 0 fully saturated rings. The molecule has 3 aromatic carbocycles. The zero-order valence-corrected chi connectivity index (χ0v) is 17.8. The van der Waals surface area contributed by atoms with Crippen LogP contribution >= 0.6 is 0 Å². The number of carbonyl (C=O) groups is 2. The number of ether oxygens (including phenoxy) is 2. The van der Waals surface area contributed by atoms with Crippen LogP contribution in [-0.2, 0) is 9.53 Å². The van der Waals surface area contributed by atoms with Gasteiger partial charge in [-0.1, -0.05) is 48.5 Å². The summed E-state index contributed by atoms with van der Waals surface area (Å²) in [5, 5.41) is 32.1. The Labute approximate surface area is 190 Å². The number of fused-ring (bicyclic) bond motifs is 3. The summed E-state index contributed by atoms with van der Waals surface area (Å²) in [5.74, 6) is -2.45. The van der Waals surface area contributed by atoms with Crippen molar-refractivity contribution in [2.45, 2.75) is 18.4 Å². The average molecular weight is 449 g/mol. The average Bonchev–Trinajstić information content (AvgIpc) is 3.12. The van der Waals surface area contributed by atoms with E-state index >= 15 is 0 Å². The third kappa shape index (κ3) is 4.27. The zero-order chi connectivity index (χ0) is 23.5. The van der Waals surface area contributed by atoms with E-state index in [9.17, 15) is 24.9 Å². The van der Waals surface area contributed by atoms with E-state index in [4.69, 9.17) is 9.47 Å². The summed E-state index contributed by atoms with van der Waals surface area (Å²) in [6, 6.07) is 17.4. The fourth-order valence-electron chi connectivity index (χ4n) is 4.22. The minimum absolute atomic E-state index is 0.0199. The third-order valence-electron chi connectivity index (χ3n) is 5.76. The molecule has 1 amide bonds. The number of methoxy groups -OCH3 is 1. The number of hydrogen-bond donors (Lipinski definition) is 4. The maximum absolute atomic E-state index is 12.6. The molecule has 0 heterocycles. The summed E-state index contributed by atoms with van der Waals surface area (Å²) in [6.07, 6.45) is -1.36. The lowest BCUT2D eigenvalue weighted by molar-refractivity contribution is -0.137. The predicted molar refractivity (Wildman–Crippen MR) is 120 cm³/mol. The van der Waals surface area contributed by atoms with Gasteiger partial charge in [0, 0.05) is 11.5 Å². The second kappa shape index (κ2) is 9.12. The van der Waals surface area contributed by atoms with Crippen LogP contribution in [0.25, 0.3) is 11.1 Å². The Morgan fingerprint density at radius 3 is 2.12 bits per heavy atom. The monoisotopic (exact) mass is 449 g/mol. The SMILES string of the molecule is COc1ccc(C(CC(=O)O)NC(=O)OCC2c3ccccc3-c3ccccc32)c(O)c1O. The number of rotatable bonds is 7. The zero-order valence-electron chi connectivity index (χ0n) is 17.8. The fourth-order valence-corrected chi connectivity index (χ4v) is 4.22. The Balaban J connectivity index is 1.51. The third-order valence-corrected chi connectivity index (χ3v) is 5.76. The Morgan fingerprint density at radius 1 is 0.939 bits per heavy atom. The maximum Gasteiger partial charge on any atom is 0.407 e. The topological polar surface area (TPSA) is 125 Å². The second-order valence-corrected chi connectivity index (χ2v) is 7.67. The molecule has 1 aliphatic carbocycles. The van der Waals surface area contributed by atoms with Gasteiger partial charge < -0.3 is 30.1 Å². The Morgan fingerprint density at radius 2 is 1.55 bits per heavy atom. The number of phenols is 2. The van der Waals surface area contributed by atoms with E-state index in [0.717, 1.165) is 22.3 Å². The Bertz CT molecular complexity index is 1160. The number of aliphatic carboxylic acids is 1. The van der Waals surface area contributed by atoms with Crippen LogP contribution in [-0.4, -0.2) is 41.1 Å². The van der Waals surface area contributed by atoms with Crippen LogP contribution in [0.5, 0.6) is 17.2 Å². The van der Waals surface area contributed by atoms with E-state index in [1.54, 1.807) is 0 Å². The highest BCUT2D eigenvalue weighted by Gasteiger charge is 2.30. The van der Waals surface area contributed by atoms with Gasteiger partial charge in [-0.2, -0.15) is 0 Å². The molecule has 0 aromatic heterocycles. The van der Waals surface area contributed by atoms with Crippen molar-refractivity contribution in [3.05, 3.63) is 77.4 Å². The second-order valence-electron chi connectivity index (χ2n) is 7.67. The molecule has 4 rings (SSSR count). The van der Waals surface area contributed by atoms with Crippen molar-refractivity contribution in [1.29, 1.82) is 0 Å². The number of benzene rings is 3. The first-order valence-electron chi connectivity index (χ1n) is 10.3. The molecule has 8 nitrogen and oxygen atoms in total. The Kier molecular flexibility index (Phi) is 6.08. The normalized spacial score (nSPS) is 13.0. The number of hydrogen-bond acceptors (Lipinski definition) is 6. The van der Waals surface area contributed by atoms with Crippen LogP contribution in [0.1, 0.15) is 35.1 Å². The molecule has 0 aliphatic heterocycles. The van der Waals surface area contributed by atoms with Crippen molar-refractivity contribution in [3.63, 3.8) is 0 Å². The number of carboxylic acids is 1. The van der Waals surface area contributed by atoms with Crippen LogP contribution in [0.15, 0.2) is 60.7 Å². The number of nitrogens with one attached hydrogen (secondary N) is 1. The van der Waals surface area contributed by atoms with E-state index in [0.29, 0.717) is 0 Å². The van der Waals surface area contributed by atoms with Gasteiger partial charge in [-0.25, -0.2) is 4.79 Å². The molecule has 0 bridgehead atoms. The van der Waals surface area contributed by atoms with Crippen LogP contribution < -0.4 is 10.1 Å². The molecule has 0 saturated carbocycles. The summed E-state index contributed by atoms with van der Waals surface area (Å²) in [6.45, 7) is 0.0551. The van der Waals surface area contributed by atoms with E-state index in [1.807, 2.05) is 48.5 Å². The number of carboxylic acid groups (broad SMARTS) is 1. The minimum atomic E-state index is -1.20. The summed E-state index contributed by atoms with van der Waals surface area (Å²) in [5.41, 5.74) is 4.30. The maximum atomic E-state index is 12.6. The molecule has 4 N–H and O–H groups in total. The lowest BCUT2D eigenvalue weighted by Gasteiger charge is -2.20. The molecule has 1 aliphatic rings. The van der Waals surface area contributed by atoms with Crippen LogP contribution in [0.2, 0.25) is 0 Å². The van der Waals surface area contributed by atoms with Crippen molar-refractivity contribution in [3.8, 4) is 28.4 Å². The van der Waals surface area contributed by atoms with E-state index in [1.165, 1.54) is 19.2 Å². The first-order chi connectivity index (χ1) is 15.9. The van der Waals surface area contributed by atoms with Crippen molar-refractivity contribution in [1.82, 2.24) is 5.32 Å². The highest BCUT2D eigenvalue weighted by atomic mass is 16.5. The van der Waals surface area contributed by atoms with Crippen LogP contribution in [0.4, 0.5) is 4.79 Å². The molecular weight excluding hydrogens is 426 g/mol. The summed E-state index contributed by atoms with van der Waals surface area (Å²) in [4.78, 5) is 24.0. The number of amides is 1.